The van der Waals surface area contributed by atoms with Crippen LogP contribution in [0.15, 0.2) is 30.3 Å². The number of hydrogen-bond donors (Lipinski definition) is 1. The Bertz CT molecular complexity index is 423. The molecule has 96 valence electrons. The summed E-state index contributed by atoms with van der Waals surface area (Å²) in [4.78, 5) is 25.0. The molecule has 0 aromatic heterocycles. The predicted octanol–water partition coefficient (Wildman–Crippen LogP) is 1.07. The molecule has 1 fully saturated rings. The smallest absolute Gasteiger partial charge is 0.231 e. The van der Waals surface area contributed by atoms with Crippen molar-refractivity contribution < 1.29 is 9.59 Å². The van der Waals surface area contributed by atoms with Gasteiger partial charge in [0.05, 0.1) is 6.54 Å². The Morgan fingerprint density at radius 2 is 1.78 bits per heavy atom. The van der Waals surface area contributed by atoms with Crippen molar-refractivity contribution in [1.29, 1.82) is 0 Å². The van der Waals surface area contributed by atoms with Crippen molar-refractivity contribution in [3.8, 4) is 0 Å². The quantitative estimate of drug-likeness (QED) is 0.808. The zero-order valence-electron chi connectivity index (χ0n) is 10.3. The summed E-state index contributed by atoms with van der Waals surface area (Å²) in [6.07, 6.45) is 1.61. The largest absolute Gasteiger partial charge is 0.369 e. The van der Waals surface area contributed by atoms with Gasteiger partial charge >= 0.3 is 0 Å². The lowest BCUT2D eigenvalue weighted by Crippen LogP contribution is -2.41. The van der Waals surface area contributed by atoms with Crippen LogP contribution in [0.3, 0.4) is 0 Å². The van der Waals surface area contributed by atoms with Crippen LogP contribution in [0.2, 0.25) is 0 Å². The van der Waals surface area contributed by atoms with Crippen molar-refractivity contribution >= 4 is 11.7 Å². The second-order valence-corrected chi connectivity index (χ2v) is 4.75. The number of carbonyl (C=O) groups excluding carboxylic acids is 2. The first-order valence-corrected chi connectivity index (χ1v) is 6.27. The molecule has 0 unspecified atom stereocenters. The summed E-state index contributed by atoms with van der Waals surface area (Å²) in [6, 6.07) is 9.40. The van der Waals surface area contributed by atoms with Gasteiger partial charge in [-0.2, -0.15) is 0 Å². The van der Waals surface area contributed by atoms with Gasteiger partial charge in [-0.15, -0.1) is 0 Å². The van der Waals surface area contributed by atoms with Crippen LogP contribution in [0.5, 0.6) is 0 Å². The second kappa shape index (κ2) is 5.78. The molecule has 4 nitrogen and oxygen atoms in total. The Morgan fingerprint density at radius 3 is 2.33 bits per heavy atom. The molecule has 1 amide bonds. The molecule has 1 heterocycles. The van der Waals surface area contributed by atoms with Gasteiger partial charge in [0.25, 0.3) is 0 Å². The summed E-state index contributed by atoms with van der Waals surface area (Å²) in [5, 5.41) is 0. The van der Waals surface area contributed by atoms with Crippen LogP contribution in [0.1, 0.15) is 23.2 Å². The van der Waals surface area contributed by atoms with Crippen LogP contribution < -0.4 is 5.73 Å². The van der Waals surface area contributed by atoms with E-state index in [1.807, 2.05) is 35.2 Å². The van der Waals surface area contributed by atoms with Gasteiger partial charge < -0.3 is 5.73 Å². The molecule has 4 heteroatoms. The highest BCUT2D eigenvalue weighted by molar-refractivity contribution is 5.97. The average molecular weight is 246 g/mol. The van der Waals surface area contributed by atoms with E-state index in [2.05, 4.69) is 0 Å². The van der Waals surface area contributed by atoms with E-state index in [0.29, 0.717) is 6.54 Å². The van der Waals surface area contributed by atoms with E-state index < -0.39 is 0 Å². The summed E-state index contributed by atoms with van der Waals surface area (Å²) < 4.78 is 0. The Labute approximate surface area is 107 Å². The molecule has 0 spiro atoms. The van der Waals surface area contributed by atoms with E-state index in [-0.39, 0.29) is 17.6 Å². The Balaban J connectivity index is 1.90. The van der Waals surface area contributed by atoms with E-state index in [1.54, 1.807) is 0 Å². The van der Waals surface area contributed by atoms with Gasteiger partial charge in [0, 0.05) is 11.5 Å². The number of nitrogens with zero attached hydrogens (tertiary/aromatic N) is 1. The number of benzene rings is 1. The fourth-order valence-electron chi connectivity index (χ4n) is 2.41. The first kappa shape index (κ1) is 12.8. The highest BCUT2D eigenvalue weighted by atomic mass is 16.1. The molecular formula is C14H18N2O2. The number of amides is 1. The predicted molar refractivity (Wildman–Crippen MR) is 69.1 cm³/mol. The minimum Gasteiger partial charge on any atom is -0.369 e. The molecule has 2 rings (SSSR count). The summed E-state index contributed by atoms with van der Waals surface area (Å²) in [7, 11) is 0. The van der Waals surface area contributed by atoms with Crippen molar-refractivity contribution in [3.05, 3.63) is 35.9 Å². The number of Topliss-reactive ketones (excluding diaryl/α,β-unsaturated/α-hetero) is 1. The van der Waals surface area contributed by atoms with Crippen LogP contribution in [0.25, 0.3) is 0 Å². The van der Waals surface area contributed by atoms with Gasteiger partial charge in [0.15, 0.2) is 5.78 Å². The minimum absolute atomic E-state index is 0.0801. The molecule has 0 aliphatic carbocycles. The lowest BCUT2D eigenvalue weighted by molar-refractivity contribution is -0.119. The Hall–Kier alpha value is -1.68. The van der Waals surface area contributed by atoms with Gasteiger partial charge in [-0.05, 0) is 25.9 Å². The summed E-state index contributed by atoms with van der Waals surface area (Å²) in [6.45, 7) is 1.84. The van der Waals surface area contributed by atoms with Crippen molar-refractivity contribution in [2.24, 2.45) is 11.7 Å². The third-order valence-corrected chi connectivity index (χ3v) is 3.40. The Morgan fingerprint density at radius 1 is 1.17 bits per heavy atom. The standard InChI is InChI=1S/C14H18N2O2/c15-13(17)10-16-8-6-12(7-9-16)14(18)11-4-2-1-3-5-11/h1-5,12H,6-10H2,(H2,15,17). The highest BCUT2D eigenvalue weighted by Crippen LogP contribution is 2.21. The van der Waals surface area contributed by atoms with Gasteiger partial charge in [-0.1, -0.05) is 30.3 Å². The fourth-order valence-corrected chi connectivity index (χ4v) is 2.41. The summed E-state index contributed by atoms with van der Waals surface area (Å²) in [5.74, 6) is -0.00584. The molecule has 1 aromatic rings. The van der Waals surface area contributed by atoms with Crippen LogP contribution in [0.4, 0.5) is 0 Å². The number of primary amides is 1. The maximum Gasteiger partial charge on any atom is 0.231 e. The molecule has 0 saturated carbocycles. The highest BCUT2D eigenvalue weighted by Gasteiger charge is 2.25. The van der Waals surface area contributed by atoms with Crippen molar-refractivity contribution in [3.63, 3.8) is 0 Å². The number of hydrogen-bond acceptors (Lipinski definition) is 3. The lowest BCUT2D eigenvalue weighted by Gasteiger charge is -2.30. The van der Waals surface area contributed by atoms with Crippen molar-refractivity contribution in [1.82, 2.24) is 4.90 Å². The van der Waals surface area contributed by atoms with E-state index in [9.17, 15) is 9.59 Å². The van der Waals surface area contributed by atoms with Gasteiger partial charge in [-0.25, -0.2) is 0 Å². The number of rotatable bonds is 4. The molecule has 1 aliphatic rings. The van der Waals surface area contributed by atoms with Gasteiger partial charge in [0.1, 0.15) is 0 Å². The third kappa shape index (κ3) is 3.17. The second-order valence-electron chi connectivity index (χ2n) is 4.75. The number of likely N-dealkylation sites (tertiary alicyclic amines) is 1. The first-order valence-electron chi connectivity index (χ1n) is 6.27. The molecular weight excluding hydrogens is 228 g/mol. The SMILES string of the molecule is NC(=O)CN1CCC(C(=O)c2ccccc2)CC1. The Kier molecular flexibility index (Phi) is 4.10. The monoisotopic (exact) mass is 246 g/mol. The molecule has 0 atom stereocenters. The molecule has 0 bridgehead atoms. The van der Waals surface area contributed by atoms with Crippen LogP contribution in [-0.2, 0) is 4.79 Å². The van der Waals surface area contributed by atoms with E-state index >= 15 is 0 Å². The normalized spacial score (nSPS) is 17.6. The number of piperidine rings is 1. The topological polar surface area (TPSA) is 63.4 Å². The van der Waals surface area contributed by atoms with E-state index in [4.69, 9.17) is 5.73 Å². The summed E-state index contributed by atoms with van der Waals surface area (Å²) >= 11 is 0. The van der Waals surface area contributed by atoms with Crippen molar-refractivity contribution in [2.75, 3.05) is 19.6 Å². The molecule has 1 saturated heterocycles. The maximum absolute atomic E-state index is 12.2. The number of nitrogens with two attached hydrogens (primary N) is 1. The molecule has 0 radical (unpaired) electrons. The van der Waals surface area contributed by atoms with Crippen LogP contribution >= 0.6 is 0 Å². The zero-order valence-corrected chi connectivity index (χ0v) is 10.3. The summed E-state index contributed by atoms with van der Waals surface area (Å²) in [5.41, 5.74) is 5.94. The van der Waals surface area contributed by atoms with Crippen LogP contribution in [0, 0.1) is 5.92 Å². The molecule has 18 heavy (non-hydrogen) atoms. The number of carbonyl (C=O) groups is 2. The zero-order chi connectivity index (χ0) is 13.0. The van der Waals surface area contributed by atoms with E-state index in [0.717, 1.165) is 31.5 Å². The molecule has 1 aliphatic heterocycles. The third-order valence-electron chi connectivity index (χ3n) is 3.40. The average Bonchev–Trinajstić information content (AvgIpc) is 2.39. The lowest BCUT2D eigenvalue weighted by atomic mass is 9.89. The maximum atomic E-state index is 12.2. The van der Waals surface area contributed by atoms with E-state index in [1.165, 1.54) is 0 Å². The molecule has 2 N–H and O–H groups in total. The first-order chi connectivity index (χ1) is 8.66. The minimum atomic E-state index is -0.303. The van der Waals surface area contributed by atoms with Gasteiger partial charge in [0.2, 0.25) is 5.91 Å². The van der Waals surface area contributed by atoms with Crippen LogP contribution in [-0.4, -0.2) is 36.2 Å². The molecule has 1 aromatic carbocycles. The fraction of sp³-hybridized carbons (Fsp3) is 0.429. The number of ketones is 1. The van der Waals surface area contributed by atoms with Gasteiger partial charge in [-0.3, -0.25) is 14.5 Å². The van der Waals surface area contributed by atoms with Crippen molar-refractivity contribution in [2.45, 2.75) is 12.8 Å².